The molecule has 0 amide bonds. The third-order valence-electron chi connectivity index (χ3n) is 5.65. The van der Waals surface area contributed by atoms with Gasteiger partial charge in [-0.25, -0.2) is 9.59 Å². The van der Waals surface area contributed by atoms with E-state index in [0.717, 1.165) is 22.2 Å². The van der Waals surface area contributed by atoms with Crippen LogP contribution >= 0.6 is 0 Å². The van der Waals surface area contributed by atoms with Crippen molar-refractivity contribution in [1.82, 2.24) is 20.2 Å². The lowest BCUT2D eigenvalue weighted by Crippen LogP contribution is -2.38. The zero-order valence-electron chi connectivity index (χ0n) is 19.6. The predicted octanol–water partition coefficient (Wildman–Crippen LogP) is 3.45. The summed E-state index contributed by atoms with van der Waals surface area (Å²) in [4.78, 5) is 38.9. The fraction of sp³-hybridized carbons (Fsp3) is 0.160. The Labute approximate surface area is 211 Å². The molecule has 1 unspecified atom stereocenters. The summed E-state index contributed by atoms with van der Waals surface area (Å²) >= 11 is 0. The van der Waals surface area contributed by atoms with Crippen LogP contribution in [0.1, 0.15) is 28.6 Å². The average molecular weight is 528 g/mol. The quantitative estimate of drug-likeness (QED) is 0.347. The van der Waals surface area contributed by atoms with Gasteiger partial charge in [0.05, 0.1) is 11.2 Å². The third-order valence-corrected chi connectivity index (χ3v) is 5.65. The number of pyridine rings is 1. The molecule has 2 aromatic carbocycles. The summed E-state index contributed by atoms with van der Waals surface area (Å²) < 4.78 is 43.8. The Morgan fingerprint density at radius 3 is 2.66 bits per heavy atom. The molecule has 0 saturated carbocycles. The summed E-state index contributed by atoms with van der Waals surface area (Å²) in [6.07, 6.45) is -5.22. The summed E-state index contributed by atoms with van der Waals surface area (Å²) in [7, 11) is 0. The Morgan fingerprint density at radius 1 is 1.18 bits per heavy atom. The van der Waals surface area contributed by atoms with Crippen LogP contribution in [0.3, 0.4) is 0 Å². The maximum atomic E-state index is 12.6. The Kier molecular flexibility index (Phi) is 6.28. The van der Waals surface area contributed by atoms with Crippen molar-refractivity contribution in [2.75, 3.05) is 0 Å². The number of alkyl halides is 3. The lowest BCUT2D eigenvalue weighted by molar-refractivity contribution is -0.200. The molecule has 0 radical (unpaired) electrons. The van der Waals surface area contributed by atoms with E-state index in [0.29, 0.717) is 23.6 Å². The van der Waals surface area contributed by atoms with E-state index in [1.165, 1.54) is 6.08 Å². The number of fused-ring (bicyclic) bond motifs is 1. The number of aromatic amines is 1. The third kappa shape index (κ3) is 4.91. The van der Waals surface area contributed by atoms with Crippen molar-refractivity contribution in [3.63, 3.8) is 0 Å². The number of aryl methyl sites for hydroxylation is 1. The van der Waals surface area contributed by atoms with Gasteiger partial charge in [-0.2, -0.15) is 13.2 Å². The molecule has 3 heterocycles. The molecule has 5 rings (SSSR count). The van der Waals surface area contributed by atoms with Gasteiger partial charge in [0.2, 0.25) is 5.88 Å². The lowest BCUT2D eigenvalue weighted by atomic mass is 10.1. The number of hydroxylamine groups is 1. The van der Waals surface area contributed by atoms with Crippen molar-refractivity contribution < 1.29 is 37.5 Å². The number of halogens is 3. The molecular weight excluding hydrogens is 509 g/mol. The number of carbonyl (C=O) groups excluding carboxylic acids is 1. The van der Waals surface area contributed by atoms with Gasteiger partial charge < -0.3 is 14.7 Å². The van der Waals surface area contributed by atoms with Crippen LogP contribution in [0.15, 0.2) is 65.5 Å². The number of benzene rings is 2. The maximum absolute atomic E-state index is 12.6. The number of ether oxygens (including phenoxy) is 1. The van der Waals surface area contributed by atoms with Crippen LogP contribution in [-0.4, -0.2) is 32.0 Å². The summed E-state index contributed by atoms with van der Waals surface area (Å²) in [6, 6.07) is 16.6. The number of rotatable bonds is 6. The second-order valence-corrected chi connectivity index (χ2v) is 8.31. The lowest BCUT2D eigenvalue weighted by Gasteiger charge is -2.11. The minimum Gasteiger partial charge on any atom is -0.493 e. The van der Waals surface area contributed by atoms with Crippen molar-refractivity contribution in [3.05, 3.63) is 93.7 Å². The number of para-hydroxylation sites is 1. The molecule has 196 valence electrons. The van der Waals surface area contributed by atoms with Crippen LogP contribution < -0.4 is 20.7 Å². The van der Waals surface area contributed by atoms with Gasteiger partial charge in [-0.05, 0) is 55.0 Å². The molecule has 13 heteroatoms. The predicted molar refractivity (Wildman–Crippen MR) is 127 cm³/mol. The van der Waals surface area contributed by atoms with Crippen LogP contribution in [0.2, 0.25) is 0 Å². The summed E-state index contributed by atoms with van der Waals surface area (Å²) in [6.45, 7) is 2.23. The molecule has 0 fully saturated rings. The van der Waals surface area contributed by atoms with Crippen molar-refractivity contribution in [2.45, 2.75) is 25.8 Å². The minimum absolute atomic E-state index is 0.00159. The number of aromatic nitrogens is 3. The Hall–Kier alpha value is -4.78. The summed E-state index contributed by atoms with van der Waals surface area (Å²) in [5.41, 5.74) is 4.49. The van der Waals surface area contributed by atoms with E-state index in [9.17, 15) is 27.9 Å². The standard InChI is InChI=1S/C25H19F3N4O6/c1-13-10-15(17-4-2-3-5-18(17)29-13)12-36-16-8-6-14(7-9-16)19-11-20(37-31-19)21-22(33)30-24(35)32(21)38-23(34)25(26,27)28/h2-11,20,31,33H,12H2,1H3,(H,30,35). The number of H-pyrrole nitrogens is 1. The van der Waals surface area contributed by atoms with E-state index >= 15 is 0 Å². The molecule has 0 bridgehead atoms. The van der Waals surface area contributed by atoms with Gasteiger partial charge in [0.1, 0.15) is 12.4 Å². The van der Waals surface area contributed by atoms with E-state index in [1.807, 2.05) is 42.2 Å². The van der Waals surface area contributed by atoms with Crippen LogP contribution in [0, 0.1) is 6.92 Å². The van der Waals surface area contributed by atoms with Crippen LogP contribution in [0.25, 0.3) is 16.6 Å². The van der Waals surface area contributed by atoms with E-state index in [2.05, 4.69) is 15.3 Å². The Balaban J connectivity index is 1.32. The molecule has 1 aliphatic heterocycles. The number of hydrogen-bond donors (Lipinski definition) is 3. The molecule has 2 aromatic heterocycles. The molecule has 0 saturated heterocycles. The zero-order chi connectivity index (χ0) is 27.0. The van der Waals surface area contributed by atoms with Gasteiger partial charge in [0.25, 0.3) is 0 Å². The molecule has 0 spiro atoms. The van der Waals surface area contributed by atoms with Crippen molar-refractivity contribution in [2.24, 2.45) is 0 Å². The van der Waals surface area contributed by atoms with Crippen LogP contribution in [0.5, 0.6) is 11.6 Å². The zero-order valence-corrected chi connectivity index (χ0v) is 19.6. The van der Waals surface area contributed by atoms with Gasteiger partial charge in [-0.15, -0.1) is 4.73 Å². The smallest absolute Gasteiger partial charge is 0.493 e. The highest BCUT2D eigenvalue weighted by Gasteiger charge is 2.43. The number of aromatic hydroxyl groups is 1. The van der Waals surface area contributed by atoms with Gasteiger partial charge in [-0.1, -0.05) is 18.2 Å². The maximum Gasteiger partial charge on any atom is 0.493 e. The first-order valence-corrected chi connectivity index (χ1v) is 11.2. The number of carbonyl (C=O) groups is 1. The van der Waals surface area contributed by atoms with E-state index in [1.54, 1.807) is 24.3 Å². The highest BCUT2D eigenvalue weighted by molar-refractivity contribution is 5.82. The topological polar surface area (TPSA) is 128 Å². The SMILES string of the molecule is Cc1cc(COc2ccc(C3=CC(c4c(O)[nH]c(=O)n4OC(=O)C(F)(F)F)ON3)cc2)c2ccccc2n1. The molecule has 4 aromatic rings. The minimum atomic E-state index is -5.35. The fourth-order valence-electron chi connectivity index (χ4n) is 3.94. The average Bonchev–Trinajstić information content (AvgIpc) is 3.46. The first-order valence-electron chi connectivity index (χ1n) is 11.2. The highest BCUT2D eigenvalue weighted by atomic mass is 19.4. The van der Waals surface area contributed by atoms with Gasteiger partial charge in [-0.3, -0.25) is 20.3 Å². The first kappa shape index (κ1) is 24.9. The summed E-state index contributed by atoms with van der Waals surface area (Å²) in [5, 5.41) is 11.0. The molecule has 0 aliphatic carbocycles. The number of nitrogens with one attached hydrogen (secondary N) is 2. The van der Waals surface area contributed by atoms with Gasteiger partial charge in [0.15, 0.2) is 11.8 Å². The first-order chi connectivity index (χ1) is 18.1. The Bertz CT molecular complexity index is 1610. The van der Waals surface area contributed by atoms with Crippen molar-refractivity contribution >= 4 is 22.6 Å². The van der Waals surface area contributed by atoms with E-state index in [-0.39, 0.29) is 4.73 Å². The van der Waals surface area contributed by atoms with E-state index in [4.69, 9.17) is 9.57 Å². The molecular formula is C25H19F3N4O6. The fourth-order valence-corrected chi connectivity index (χ4v) is 3.94. The summed E-state index contributed by atoms with van der Waals surface area (Å²) in [5.74, 6) is -2.88. The highest BCUT2D eigenvalue weighted by Crippen LogP contribution is 2.32. The van der Waals surface area contributed by atoms with Crippen molar-refractivity contribution in [3.8, 4) is 11.6 Å². The Morgan fingerprint density at radius 2 is 1.92 bits per heavy atom. The monoisotopic (exact) mass is 528 g/mol. The van der Waals surface area contributed by atoms with Gasteiger partial charge >= 0.3 is 17.8 Å². The van der Waals surface area contributed by atoms with Gasteiger partial charge in [0, 0.05) is 16.6 Å². The van der Waals surface area contributed by atoms with Crippen LogP contribution in [0.4, 0.5) is 13.2 Å². The molecule has 3 N–H and O–H groups in total. The number of nitrogens with zero attached hydrogens (tertiary/aromatic N) is 2. The normalized spacial score (nSPS) is 15.3. The number of hydrogen-bond acceptors (Lipinski definition) is 8. The molecule has 1 atom stereocenters. The molecule has 38 heavy (non-hydrogen) atoms. The number of imidazole rings is 1. The second-order valence-electron chi connectivity index (χ2n) is 8.31. The van der Waals surface area contributed by atoms with Crippen LogP contribution in [-0.2, 0) is 16.2 Å². The van der Waals surface area contributed by atoms with E-state index < -0.39 is 35.5 Å². The molecule has 10 nitrogen and oxygen atoms in total. The second kappa shape index (κ2) is 9.59. The van der Waals surface area contributed by atoms with Crippen molar-refractivity contribution in [1.29, 1.82) is 0 Å². The largest absolute Gasteiger partial charge is 0.493 e. The molecule has 1 aliphatic rings.